The van der Waals surface area contributed by atoms with Gasteiger partial charge < -0.3 is 9.64 Å². The van der Waals surface area contributed by atoms with E-state index in [9.17, 15) is 0 Å². The molecule has 3 rings (SSSR count). The van der Waals surface area contributed by atoms with Crippen molar-refractivity contribution < 1.29 is 4.74 Å². The Balaban J connectivity index is 1.52. The molecule has 20 heavy (non-hydrogen) atoms. The van der Waals surface area contributed by atoms with Crippen LogP contribution in [0, 0.1) is 0 Å². The van der Waals surface area contributed by atoms with Gasteiger partial charge in [-0.1, -0.05) is 0 Å². The normalized spacial score (nSPS) is 15.6. The lowest BCUT2D eigenvalue weighted by atomic mass is 10.2. The van der Waals surface area contributed by atoms with E-state index in [1.54, 1.807) is 12.4 Å². The SMILES string of the molecule is c1cncc(-c2nsnc2OCCCN2CCCC2)c1. The minimum atomic E-state index is 0.629. The topological polar surface area (TPSA) is 51.1 Å². The summed E-state index contributed by atoms with van der Waals surface area (Å²) in [7, 11) is 0. The maximum absolute atomic E-state index is 5.77. The maximum Gasteiger partial charge on any atom is 0.254 e. The third-order valence-electron chi connectivity index (χ3n) is 3.45. The van der Waals surface area contributed by atoms with Crippen LogP contribution in [0.1, 0.15) is 19.3 Å². The molecule has 6 heteroatoms. The van der Waals surface area contributed by atoms with E-state index in [4.69, 9.17) is 4.74 Å². The van der Waals surface area contributed by atoms with E-state index in [0.29, 0.717) is 12.5 Å². The first-order valence-corrected chi connectivity index (χ1v) is 7.74. The van der Waals surface area contributed by atoms with Crippen LogP contribution in [0.15, 0.2) is 24.5 Å². The Morgan fingerprint density at radius 2 is 2.15 bits per heavy atom. The first-order chi connectivity index (χ1) is 9.93. The van der Waals surface area contributed by atoms with E-state index in [2.05, 4.69) is 18.6 Å². The number of rotatable bonds is 6. The predicted octanol–water partition coefficient (Wildman–Crippen LogP) is 2.46. The molecule has 1 aliphatic rings. The highest BCUT2D eigenvalue weighted by Crippen LogP contribution is 2.26. The molecule has 106 valence electrons. The molecule has 0 radical (unpaired) electrons. The van der Waals surface area contributed by atoms with Crippen molar-refractivity contribution in [3.8, 4) is 17.1 Å². The summed E-state index contributed by atoms with van der Waals surface area (Å²) in [6.07, 6.45) is 7.24. The van der Waals surface area contributed by atoms with Crippen molar-refractivity contribution >= 4 is 11.7 Å². The third kappa shape index (κ3) is 3.32. The Morgan fingerprint density at radius 3 is 2.95 bits per heavy atom. The van der Waals surface area contributed by atoms with Crippen LogP contribution in [0.3, 0.4) is 0 Å². The zero-order valence-corrected chi connectivity index (χ0v) is 12.2. The van der Waals surface area contributed by atoms with Crippen LogP contribution in [0.4, 0.5) is 0 Å². The lowest BCUT2D eigenvalue weighted by molar-refractivity contribution is 0.259. The van der Waals surface area contributed by atoms with Gasteiger partial charge in [-0.3, -0.25) is 4.98 Å². The molecule has 0 bridgehead atoms. The van der Waals surface area contributed by atoms with Gasteiger partial charge in [0.15, 0.2) is 0 Å². The summed E-state index contributed by atoms with van der Waals surface area (Å²) in [5.74, 6) is 0.629. The third-order valence-corrected chi connectivity index (χ3v) is 3.96. The number of likely N-dealkylation sites (tertiary alicyclic amines) is 1. The van der Waals surface area contributed by atoms with Crippen molar-refractivity contribution in [2.75, 3.05) is 26.2 Å². The smallest absolute Gasteiger partial charge is 0.254 e. The molecule has 1 aliphatic heterocycles. The zero-order valence-electron chi connectivity index (χ0n) is 11.4. The van der Waals surface area contributed by atoms with Crippen molar-refractivity contribution in [2.24, 2.45) is 0 Å². The van der Waals surface area contributed by atoms with Gasteiger partial charge in [0.1, 0.15) is 5.69 Å². The van der Waals surface area contributed by atoms with Gasteiger partial charge in [-0.25, -0.2) is 0 Å². The fourth-order valence-electron chi connectivity index (χ4n) is 2.42. The van der Waals surface area contributed by atoms with E-state index in [-0.39, 0.29) is 0 Å². The Kier molecular flexibility index (Phi) is 4.55. The van der Waals surface area contributed by atoms with Crippen LogP contribution in [-0.4, -0.2) is 44.9 Å². The van der Waals surface area contributed by atoms with Crippen molar-refractivity contribution in [1.29, 1.82) is 0 Å². The second kappa shape index (κ2) is 6.76. The van der Waals surface area contributed by atoms with E-state index in [0.717, 1.165) is 24.2 Å². The van der Waals surface area contributed by atoms with Crippen molar-refractivity contribution in [3.05, 3.63) is 24.5 Å². The molecule has 0 aliphatic carbocycles. The molecule has 0 N–H and O–H groups in total. The molecular weight excluding hydrogens is 272 g/mol. The quantitative estimate of drug-likeness (QED) is 0.765. The molecule has 0 atom stereocenters. The number of hydrogen-bond acceptors (Lipinski definition) is 6. The van der Waals surface area contributed by atoms with Gasteiger partial charge in [0.25, 0.3) is 5.88 Å². The minimum Gasteiger partial charge on any atom is -0.475 e. The minimum absolute atomic E-state index is 0.629. The summed E-state index contributed by atoms with van der Waals surface area (Å²) in [5, 5.41) is 0. The summed E-state index contributed by atoms with van der Waals surface area (Å²) < 4.78 is 14.3. The molecule has 1 fully saturated rings. The number of pyridine rings is 1. The average molecular weight is 290 g/mol. The van der Waals surface area contributed by atoms with Crippen molar-refractivity contribution in [1.82, 2.24) is 18.6 Å². The molecule has 5 nitrogen and oxygen atoms in total. The monoisotopic (exact) mass is 290 g/mol. The van der Waals surface area contributed by atoms with Gasteiger partial charge in [-0.15, -0.1) is 4.37 Å². The largest absolute Gasteiger partial charge is 0.475 e. The summed E-state index contributed by atoms with van der Waals surface area (Å²) in [4.78, 5) is 6.60. The van der Waals surface area contributed by atoms with Crippen LogP contribution >= 0.6 is 11.7 Å². The number of ether oxygens (including phenoxy) is 1. The molecule has 0 unspecified atom stereocenters. The average Bonchev–Trinajstić information content (AvgIpc) is 3.16. The molecule has 0 saturated carbocycles. The standard InChI is InChI=1S/C14H18N4OS/c1-2-8-18(7-1)9-4-10-19-14-13(16-20-17-14)12-5-3-6-15-11-12/h3,5-6,11H,1-2,4,7-10H2. The molecule has 3 heterocycles. The highest BCUT2D eigenvalue weighted by molar-refractivity contribution is 6.99. The Morgan fingerprint density at radius 1 is 1.25 bits per heavy atom. The Bertz CT molecular complexity index is 525. The fourth-order valence-corrected chi connectivity index (χ4v) is 2.94. The van der Waals surface area contributed by atoms with E-state index in [1.165, 1.54) is 37.7 Å². The maximum atomic E-state index is 5.77. The summed E-state index contributed by atoms with van der Waals surface area (Å²) >= 11 is 1.18. The number of nitrogens with zero attached hydrogens (tertiary/aromatic N) is 4. The van der Waals surface area contributed by atoms with Crippen LogP contribution in [0.5, 0.6) is 5.88 Å². The lowest BCUT2D eigenvalue weighted by Gasteiger charge is -2.13. The van der Waals surface area contributed by atoms with Gasteiger partial charge in [-0.2, -0.15) is 4.37 Å². The second-order valence-electron chi connectivity index (χ2n) is 4.91. The molecule has 2 aromatic rings. The van der Waals surface area contributed by atoms with E-state index in [1.807, 2.05) is 12.1 Å². The molecule has 1 saturated heterocycles. The zero-order chi connectivity index (χ0) is 13.6. The van der Waals surface area contributed by atoms with Gasteiger partial charge in [0.2, 0.25) is 0 Å². The van der Waals surface area contributed by atoms with Crippen LogP contribution in [0.2, 0.25) is 0 Å². The first kappa shape index (κ1) is 13.5. The highest BCUT2D eigenvalue weighted by atomic mass is 32.1. The second-order valence-corrected chi connectivity index (χ2v) is 5.44. The number of hydrogen-bond donors (Lipinski definition) is 0. The Labute approximate surface area is 122 Å². The molecule has 2 aromatic heterocycles. The summed E-state index contributed by atoms with van der Waals surface area (Å²) in [6.45, 7) is 4.27. The van der Waals surface area contributed by atoms with E-state index >= 15 is 0 Å². The Hall–Kier alpha value is -1.53. The van der Waals surface area contributed by atoms with Crippen LogP contribution in [0.25, 0.3) is 11.3 Å². The molecule has 0 amide bonds. The fraction of sp³-hybridized carbons (Fsp3) is 0.500. The van der Waals surface area contributed by atoms with Crippen molar-refractivity contribution in [3.63, 3.8) is 0 Å². The molecule has 0 spiro atoms. The summed E-state index contributed by atoms with van der Waals surface area (Å²) in [5.41, 5.74) is 1.75. The van der Waals surface area contributed by atoms with Crippen LogP contribution in [-0.2, 0) is 0 Å². The van der Waals surface area contributed by atoms with Crippen molar-refractivity contribution in [2.45, 2.75) is 19.3 Å². The molecule has 0 aromatic carbocycles. The van der Waals surface area contributed by atoms with Crippen LogP contribution < -0.4 is 4.74 Å². The molecular formula is C14H18N4OS. The van der Waals surface area contributed by atoms with Gasteiger partial charge in [0, 0.05) is 24.5 Å². The van der Waals surface area contributed by atoms with Gasteiger partial charge in [0.05, 0.1) is 18.3 Å². The van der Waals surface area contributed by atoms with E-state index < -0.39 is 0 Å². The van der Waals surface area contributed by atoms with Gasteiger partial charge >= 0.3 is 0 Å². The first-order valence-electron chi connectivity index (χ1n) is 7.01. The number of aromatic nitrogens is 3. The summed E-state index contributed by atoms with van der Waals surface area (Å²) in [6, 6.07) is 3.87. The van der Waals surface area contributed by atoms with Gasteiger partial charge in [-0.05, 0) is 44.5 Å². The predicted molar refractivity (Wildman–Crippen MR) is 78.9 cm³/mol. The lowest BCUT2D eigenvalue weighted by Crippen LogP contribution is -2.21. The highest BCUT2D eigenvalue weighted by Gasteiger charge is 2.13.